The maximum absolute atomic E-state index is 6.00. The van der Waals surface area contributed by atoms with Gasteiger partial charge < -0.3 is 21.5 Å². The average Bonchev–Trinajstić information content (AvgIpc) is 2.91. The van der Waals surface area contributed by atoms with Gasteiger partial charge in [0.15, 0.2) is 0 Å². The van der Waals surface area contributed by atoms with Crippen molar-refractivity contribution in [3.05, 3.63) is 11.8 Å². The minimum absolute atomic E-state index is 0.193. The molecular formula is C20H34N6O. The van der Waals surface area contributed by atoms with E-state index in [0.29, 0.717) is 17.9 Å². The molecule has 3 fully saturated rings. The Morgan fingerprint density at radius 1 is 1.11 bits per heavy atom. The molecule has 1 aliphatic heterocycles. The fraction of sp³-hybridized carbons (Fsp3) is 0.800. The third-order valence-corrected chi connectivity index (χ3v) is 6.67. The fourth-order valence-electron chi connectivity index (χ4n) is 4.97. The summed E-state index contributed by atoms with van der Waals surface area (Å²) in [7, 11) is 0. The minimum atomic E-state index is 0.193. The normalized spacial score (nSPS) is 28.9. The van der Waals surface area contributed by atoms with Gasteiger partial charge in [0.2, 0.25) is 5.95 Å². The second-order valence-electron chi connectivity index (χ2n) is 8.56. The number of hydrogen-bond acceptors (Lipinski definition) is 7. The van der Waals surface area contributed by atoms with Crippen LogP contribution in [-0.4, -0.2) is 59.3 Å². The van der Waals surface area contributed by atoms with E-state index in [2.05, 4.69) is 26.3 Å². The first-order valence-corrected chi connectivity index (χ1v) is 10.6. The summed E-state index contributed by atoms with van der Waals surface area (Å²) in [6.45, 7) is 4.65. The molecule has 4 rings (SSSR count). The molecule has 1 saturated heterocycles. The van der Waals surface area contributed by atoms with Crippen LogP contribution < -0.4 is 16.8 Å². The molecule has 5 N–H and O–H groups in total. The summed E-state index contributed by atoms with van der Waals surface area (Å²) >= 11 is 0. The molecule has 0 spiro atoms. The molecule has 3 aliphatic rings. The highest BCUT2D eigenvalue weighted by Crippen LogP contribution is 2.36. The van der Waals surface area contributed by atoms with Crippen LogP contribution in [0, 0.1) is 0 Å². The molecule has 1 aromatic rings. The van der Waals surface area contributed by atoms with E-state index in [1.165, 1.54) is 38.5 Å². The lowest BCUT2D eigenvalue weighted by molar-refractivity contribution is -0.0240. The predicted molar refractivity (Wildman–Crippen MR) is 108 cm³/mol. The van der Waals surface area contributed by atoms with Crippen molar-refractivity contribution >= 4 is 11.8 Å². The van der Waals surface area contributed by atoms with E-state index in [-0.39, 0.29) is 5.54 Å². The van der Waals surface area contributed by atoms with Crippen LogP contribution in [0.2, 0.25) is 0 Å². The summed E-state index contributed by atoms with van der Waals surface area (Å²) in [4.78, 5) is 11.6. The zero-order chi connectivity index (χ0) is 18.7. The van der Waals surface area contributed by atoms with Crippen LogP contribution in [0.1, 0.15) is 63.0 Å². The van der Waals surface area contributed by atoms with E-state index in [1.807, 2.05) is 0 Å². The van der Waals surface area contributed by atoms with Gasteiger partial charge in [-0.25, -0.2) is 4.98 Å². The van der Waals surface area contributed by atoms with Crippen molar-refractivity contribution in [2.75, 3.05) is 43.9 Å². The Morgan fingerprint density at radius 3 is 2.48 bits per heavy atom. The number of nitrogens with two attached hydrogens (primary N) is 2. The molecule has 0 aromatic carbocycles. The van der Waals surface area contributed by atoms with Gasteiger partial charge in [0, 0.05) is 43.2 Å². The first-order chi connectivity index (χ1) is 13.1. The third-order valence-electron chi connectivity index (χ3n) is 6.67. The number of nitrogens with one attached hydrogen (secondary N) is 1. The molecule has 1 aromatic heterocycles. The molecule has 2 aliphatic carbocycles. The topological polar surface area (TPSA) is 102 Å². The number of aromatic nitrogens is 2. The Balaban J connectivity index is 1.48. The number of ether oxygens (including phenoxy) is 1. The van der Waals surface area contributed by atoms with E-state index >= 15 is 0 Å². The molecular weight excluding hydrogens is 340 g/mol. The van der Waals surface area contributed by atoms with Crippen molar-refractivity contribution in [3.8, 4) is 0 Å². The van der Waals surface area contributed by atoms with Gasteiger partial charge in [-0.05, 0) is 25.7 Å². The van der Waals surface area contributed by atoms with Crippen molar-refractivity contribution in [2.45, 2.75) is 68.9 Å². The fourth-order valence-corrected chi connectivity index (χ4v) is 4.97. The van der Waals surface area contributed by atoms with E-state index in [4.69, 9.17) is 16.2 Å². The smallest absolute Gasteiger partial charge is 0.222 e. The lowest BCUT2D eigenvalue weighted by atomic mass is 9.78. The van der Waals surface area contributed by atoms with Crippen molar-refractivity contribution in [1.29, 1.82) is 0 Å². The lowest BCUT2D eigenvalue weighted by Crippen LogP contribution is -2.57. The number of morpholine rings is 1. The van der Waals surface area contributed by atoms with Gasteiger partial charge in [-0.2, -0.15) is 4.98 Å². The van der Waals surface area contributed by atoms with Crippen molar-refractivity contribution < 1.29 is 4.74 Å². The molecule has 0 bridgehead atoms. The number of rotatable bonds is 5. The second-order valence-corrected chi connectivity index (χ2v) is 8.56. The highest BCUT2D eigenvalue weighted by Gasteiger charge is 2.38. The zero-order valence-electron chi connectivity index (χ0n) is 16.3. The predicted octanol–water partition coefficient (Wildman–Crippen LogP) is 2.10. The summed E-state index contributed by atoms with van der Waals surface area (Å²) in [5, 5.41) is 3.63. The van der Waals surface area contributed by atoms with E-state index in [9.17, 15) is 0 Å². The SMILES string of the molecule is Nc1nc(NCC2(N3CCOCC3)CCCCCC2)cc(C2CC(N)C2)n1. The number of nitrogens with zero attached hydrogens (tertiary/aromatic N) is 3. The van der Waals surface area contributed by atoms with E-state index in [1.54, 1.807) is 0 Å². The van der Waals surface area contributed by atoms with Gasteiger partial charge in [0.25, 0.3) is 0 Å². The molecule has 0 atom stereocenters. The Bertz CT molecular complexity index is 619. The van der Waals surface area contributed by atoms with Gasteiger partial charge >= 0.3 is 0 Å². The van der Waals surface area contributed by atoms with Crippen LogP contribution in [0.25, 0.3) is 0 Å². The quantitative estimate of drug-likeness (QED) is 0.678. The van der Waals surface area contributed by atoms with E-state index in [0.717, 1.165) is 57.2 Å². The summed E-state index contributed by atoms with van der Waals surface area (Å²) < 4.78 is 5.61. The molecule has 2 heterocycles. The molecule has 7 heteroatoms. The Kier molecular flexibility index (Phi) is 5.80. The average molecular weight is 375 g/mol. The molecule has 150 valence electrons. The first kappa shape index (κ1) is 18.9. The van der Waals surface area contributed by atoms with Crippen LogP contribution in [0.4, 0.5) is 11.8 Å². The maximum atomic E-state index is 6.00. The molecule has 0 unspecified atom stereocenters. The van der Waals surface area contributed by atoms with Crippen molar-refractivity contribution in [2.24, 2.45) is 5.73 Å². The van der Waals surface area contributed by atoms with Crippen LogP contribution in [0.15, 0.2) is 6.07 Å². The third kappa shape index (κ3) is 4.36. The van der Waals surface area contributed by atoms with Crippen LogP contribution in [0.5, 0.6) is 0 Å². The molecule has 2 saturated carbocycles. The van der Waals surface area contributed by atoms with Gasteiger partial charge in [-0.1, -0.05) is 25.7 Å². The highest BCUT2D eigenvalue weighted by molar-refractivity contribution is 5.42. The lowest BCUT2D eigenvalue weighted by Gasteiger charge is -2.46. The zero-order valence-corrected chi connectivity index (χ0v) is 16.3. The Labute approximate surface area is 162 Å². The standard InChI is InChI=1S/C20H34N6O/c21-16-11-15(12-16)17-13-18(25-19(22)24-17)23-14-20(5-3-1-2-4-6-20)26-7-9-27-10-8-26/h13,15-16H,1-12,14,21H2,(H3,22,23,24,25). The van der Waals surface area contributed by atoms with Gasteiger partial charge in [-0.15, -0.1) is 0 Å². The highest BCUT2D eigenvalue weighted by atomic mass is 16.5. The van der Waals surface area contributed by atoms with Gasteiger partial charge in [0.05, 0.1) is 18.9 Å². The van der Waals surface area contributed by atoms with Gasteiger partial charge in [-0.3, -0.25) is 4.90 Å². The Hall–Kier alpha value is -1.44. The number of nitrogen functional groups attached to an aromatic ring is 1. The Morgan fingerprint density at radius 2 is 1.81 bits per heavy atom. The molecule has 0 amide bonds. The largest absolute Gasteiger partial charge is 0.379 e. The number of hydrogen-bond donors (Lipinski definition) is 3. The molecule has 7 nitrogen and oxygen atoms in total. The minimum Gasteiger partial charge on any atom is -0.379 e. The summed E-state index contributed by atoms with van der Waals surface area (Å²) in [6.07, 6.45) is 9.76. The summed E-state index contributed by atoms with van der Waals surface area (Å²) in [5.74, 6) is 1.64. The van der Waals surface area contributed by atoms with Crippen molar-refractivity contribution in [3.63, 3.8) is 0 Å². The summed E-state index contributed by atoms with van der Waals surface area (Å²) in [5.41, 5.74) is 13.2. The van der Waals surface area contributed by atoms with Crippen LogP contribution >= 0.6 is 0 Å². The summed E-state index contributed by atoms with van der Waals surface area (Å²) in [6, 6.07) is 2.38. The molecule has 0 radical (unpaired) electrons. The molecule has 27 heavy (non-hydrogen) atoms. The van der Waals surface area contributed by atoms with Crippen LogP contribution in [-0.2, 0) is 4.74 Å². The first-order valence-electron chi connectivity index (χ1n) is 10.6. The monoisotopic (exact) mass is 374 g/mol. The van der Waals surface area contributed by atoms with Crippen molar-refractivity contribution in [1.82, 2.24) is 14.9 Å². The maximum Gasteiger partial charge on any atom is 0.222 e. The van der Waals surface area contributed by atoms with Crippen LogP contribution in [0.3, 0.4) is 0 Å². The van der Waals surface area contributed by atoms with Gasteiger partial charge in [0.1, 0.15) is 5.82 Å². The second kappa shape index (κ2) is 8.29. The number of anilines is 2. The van der Waals surface area contributed by atoms with E-state index < -0.39 is 0 Å².